The smallest absolute Gasteiger partial charge is 0.404 e. The zero-order chi connectivity index (χ0) is 13.3. The van der Waals surface area contributed by atoms with Gasteiger partial charge in [0, 0.05) is 5.54 Å². The largest absolute Gasteiger partial charge is 0.433 e. The van der Waals surface area contributed by atoms with E-state index in [4.69, 9.17) is 4.42 Å². The van der Waals surface area contributed by atoms with Crippen LogP contribution in [0.5, 0.6) is 0 Å². The Morgan fingerprint density at radius 2 is 2.00 bits per heavy atom. The molecule has 0 aromatic carbocycles. The lowest BCUT2D eigenvalue weighted by Crippen LogP contribution is -2.55. The highest BCUT2D eigenvalue weighted by Crippen LogP contribution is 2.22. The molecule has 0 saturated heterocycles. The lowest BCUT2D eigenvalue weighted by molar-refractivity contribution is -0.402. The Morgan fingerprint density at radius 3 is 2.41 bits per heavy atom. The van der Waals surface area contributed by atoms with Crippen molar-refractivity contribution in [1.29, 1.82) is 0 Å². The average Bonchev–Trinajstić information content (AvgIpc) is 2.61. The average molecular weight is 242 g/mol. The van der Waals surface area contributed by atoms with Gasteiger partial charge in [0.1, 0.15) is 10.7 Å². The van der Waals surface area contributed by atoms with E-state index in [1.807, 2.05) is 13.8 Å². The Hall–Kier alpha value is -1.40. The molecule has 6 nitrogen and oxygen atoms in total. The number of rotatable bonds is 5. The maximum atomic E-state index is 10.4. The number of aliphatic hydroxyl groups is 1. The second kappa shape index (κ2) is 4.46. The summed E-state index contributed by atoms with van der Waals surface area (Å²) in [7, 11) is 0. The molecule has 0 atom stereocenters. The van der Waals surface area contributed by atoms with Crippen LogP contribution in [0.15, 0.2) is 16.5 Å². The SMILES string of the molecule is CC(C)(O)C(C)(C)NCc1ccc([N+](=O)[O-])o1. The standard InChI is InChI=1S/C11H18N2O4/c1-10(2,11(3,4)14)12-7-8-5-6-9(17-8)13(15)16/h5-6,12,14H,7H2,1-4H3. The molecule has 96 valence electrons. The van der Waals surface area contributed by atoms with Crippen molar-refractivity contribution >= 4 is 5.88 Å². The molecule has 17 heavy (non-hydrogen) atoms. The minimum Gasteiger partial charge on any atom is -0.404 e. The molecule has 0 aliphatic carbocycles. The summed E-state index contributed by atoms with van der Waals surface area (Å²) in [6, 6.07) is 2.86. The third kappa shape index (κ3) is 3.28. The first kappa shape index (κ1) is 13.7. The number of nitro groups is 1. The summed E-state index contributed by atoms with van der Waals surface area (Å²) >= 11 is 0. The third-order valence-electron chi connectivity index (χ3n) is 3.06. The first-order valence-electron chi connectivity index (χ1n) is 5.34. The molecule has 0 aliphatic rings. The fraction of sp³-hybridized carbons (Fsp3) is 0.636. The Kier molecular flexibility index (Phi) is 3.59. The highest BCUT2D eigenvalue weighted by Gasteiger charge is 2.34. The molecule has 6 heteroatoms. The van der Waals surface area contributed by atoms with E-state index >= 15 is 0 Å². The maximum Gasteiger partial charge on any atom is 0.433 e. The summed E-state index contributed by atoms with van der Waals surface area (Å²) in [4.78, 5) is 9.85. The first-order valence-corrected chi connectivity index (χ1v) is 5.34. The van der Waals surface area contributed by atoms with E-state index in [-0.39, 0.29) is 5.88 Å². The molecule has 0 radical (unpaired) electrons. The fourth-order valence-electron chi connectivity index (χ4n) is 1.08. The van der Waals surface area contributed by atoms with Crippen LogP contribution in [0.2, 0.25) is 0 Å². The normalized spacial score (nSPS) is 12.8. The second-order valence-electron chi connectivity index (χ2n) is 5.03. The molecule has 0 unspecified atom stereocenters. The van der Waals surface area contributed by atoms with Crippen molar-refractivity contribution in [3.63, 3.8) is 0 Å². The number of furan rings is 1. The van der Waals surface area contributed by atoms with Crippen molar-refractivity contribution in [2.45, 2.75) is 45.4 Å². The van der Waals surface area contributed by atoms with Gasteiger partial charge in [0.05, 0.1) is 18.2 Å². The first-order chi connectivity index (χ1) is 7.63. The van der Waals surface area contributed by atoms with E-state index in [0.717, 1.165) is 0 Å². The number of nitrogens with one attached hydrogen (secondary N) is 1. The summed E-state index contributed by atoms with van der Waals surface area (Å²) in [6.45, 7) is 7.43. The summed E-state index contributed by atoms with van der Waals surface area (Å²) < 4.78 is 5.01. The van der Waals surface area contributed by atoms with Gasteiger partial charge in [-0.1, -0.05) is 0 Å². The lowest BCUT2D eigenvalue weighted by Gasteiger charge is -2.38. The molecular formula is C11H18N2O4. The van der Waals surface area contributed by atoms with E-state index in [1.54, 1.807) is 19.9 Å². The number of hydrogen-bond donors (Lipinski definition) is 2. The highest BCUT2D eigenvalue weighted by molar-refractivity contribution is 5.17. The van der Waals surface area contributed by atoms with Crippen LogP contribution < -0.4 is 5.32 Å². The van der Waals surface area contributed by atoms with E-state index in [1.165, 1.54) is 6.07 Å². The van der Waals surface area contributed by atoms with Crippen LogP contribution in [0.1, 0.15) is 33.5 Å². The molecular weight excluding hydrogens is 224 g/mol. The van der Waals surface area contributed by atoms with Gasteiger partial charge in [-0.15, -0.1) is 0 Å². The highest BCUT2D eigenvalue weighted by atomic mass is 16.6. The zero-order valence-corrected chi connectivity index (χ0v) is 10.5. The van der Waals surface area contributed by atoms with E-state index in [9.17, 15) is 15.2 Å². The Bertz CT molecular complexity index is 404. The Labute approximate surface area is 99.8 Å². The van der Waals surface area contributed by atoms with Crippen molar-refractivity contribution in [1.82, 2.24) is 5.32 Å². The van der Waals surface area contributed by atoms with Gasteiger partial charge in [-0.2, -0.15) is 0 Å². The van der Waals surface area contributed by atoms with Crippen LogP contribution in [0.3, 0.4) is 0 Å². The number of nitrogens with zero attached hydrogens (tertiary/aromatic N) is 1. The summed E-state index contributed by atoms with van der Waals surface area (Å²) in [5, 5.41) is 23.4. The summed E-state index contributed by atoms with van der Waals surface area (Å²) in [5.41, 5.74) is -1.44. The van der Waals surface area contributed by atoms with Crippen LogP contribution in [-0.2, 0) is 6.54 Å². The topological polar surface area (TPSA) is 88.5 Å². The maximum absolute atomic E-state index is 10.4. The van der Waals surface area contributed by atoms with Crippen LogP contribution in [-0.4, -0.2) is 21.2 Å². The number of hydrogen-bond acceptors (Lipinski definition) is 5. The van der Waals surface area contributed by atoms with Crippen molar-refractivity contribution in [2.24, 2.45) is 0 Å². The predicted octanol–water partition coefficient (Wildman–Crippen LogP) is 1.83. The second-order valence-corrected chi connectivity index (χ2v) is 5.03. The van der Waals surface area contributed by atoms with Gasteiger partial charge in [-0.3, -0.25) is 10.1 Å². The Morgan fingerprint density at radius 1 is 1.41 bits per heavy atom. The van der Waals surface area contributed by atoms with Gasteiger partial charge >= 0.3 is 5.88 Å². The molecule has 0 spiro atoms. The van der Waals surface area contributed by atoms with Crippen molar-refractivity contribution in [2.75, 3.05) is 0 Å². The lowest BCUT2D eigenvalue weighted by atomic mass is 9.86. The molecule has 1 rings (SSSR count). The summed E-state index contributed by atoms with van der Waals surface area (Å²) in [6.07, 6.45) is 0. The Balaban J connectivity index is 2.64. The monoisotopic (exact) mass is 242 g/mol. The molecule has 0 aliphatic heterocycles. The van der Waals surface area contributed by atoms with Crippen LogP contribution >= 0.6 is 0 Å². The van der Waals surface area contributed by atoms with E-state index in [2.05, 4.69) is 5.32 Å². The molecule has 0 amide bonds. The molecule has 2 N–H and O–H groups in total. The van der Waals surface area contributed by atoms with Crippen molar-refractivity contribution < 1.29 is 14.4 Å². The predicted molar refractivity (Wildman–Crippen MR) is 62.6 cm³/mol. The van der Waals surface area contributed by atoms with Crippen LogP contribution in [0.25, 0.3) is 0 Å². The van der Waals surface area contributed by atoms with Crippen LogP contribution in [0.4, 0.5) is 5.88 Å². The molecule has 1 aromatic rings. The quantitative estimate of drug-likeness (QED) is 0.607. The molecule has 0 fully saturated rings. The van der Waals surface area contributed by atoms with Gasteiger partial charge in [0.15, 0.2) is 0 Å². The molecule has 0 bridgehead atoms. The van der Waals surface area contributed by atoms with E-state index < -0.39 is 16.1 Å². The van der Waals surface area contributed by atoms with Gasteiger partial charge < -0.3 is 14.8 Å². The minimum atomic E-state index is -0.911. The molecule has 0 saturated carbocycles. The van der Waals surface area contributed by atoms with Crippen molar-refractivity contribution in [3.05, 3.63) is 28.0 Å². The zero-order valence-electron chi connectivity index (χ0n) is 10.5. The van der Waals surface area contributed by atoms with Crippen LogP contribution in [0, 0.1) is 10.1 Å². The van der Waals surface area contributed by atoms with Gasteiger partial charge in [-0.05, 0) is 33.8 Å². The van der Waals surface area contributed by atoms with Gasteiger partial charge in [0.25, 0.3) is 0 Å². The molecule has 1 aromatic heterocycles. The van der Waals surface area contributed by atoms with Crippen molar-refractivity contribution in [3.8, 4) is 0 Å². The fourth-order valence-corrected chi connectivity index (χ4v) is 1.08. The molecule has 1 heterocycles. The third-order valence-corrected chi connectivity index (χ3v) is 3.06. The van der Waals surface area contributed by atoms with E-state index in [0.29, 0.717) is 12.3 Å². The van der Waals surface area contributed by atoms with Gasteiger partial charge in [-0.25, -0.2) is 0 Å². The summed E-state index contributed by atoms with van der Waals surface area (Å²) in [5.74, 6) is 0.192. The minimum absolute atomic E-state index is 0.275. The van der Waals surface area contributed by atoms with Gasteiger partial charge in [0.2, 0.25) is 0 Å².